The van der Waals surface area contributed by atoms with Gasteiger partial charge in [0.1, 0.15) is 5.01 Å². The normalized spacial score (nSPS) is 17.2. The summed E-state index contributed by atoms with van der Waals surface area (Å²) in [5.41, 5.74) is 1.03. The molecule has 2 aromatic heterocycles. The van der Waals surface area contributed by atoms with E-state index in [0.29, 0.717) is 18.2 Å². The number of ether oxygens (including phenoxy) is 1. The third-order valence-electron chi connectivity index (χ3n) is 3.60. The molecular weight excluding hydrogens is 314 g/mol. The van der Waals surface area contributed by atoms with E-state index in [1.807, 2.05) is 19.1 Å². The first-order chi connectivity index (χ1) is 11.2. The molecule has 3 heterocycles. The van der Waals surface area contributed by atoms with Crippen molar-refractivity contribution in [2.24, 2.45) is 0 Å². The maximum Gasteiger partial charge on any atom is 0.324 e. The summed E-state index contributed by atoms with van der Waals surface area (Å²) in [5.74, 6) is 0. The molecule has 2 aromatic rings. The van der Waals surface area contributed by atoms with Gasteiger partial charge in [-0.1, -0.05) is 11.3 Å². The molecule has 1 aliphatic heterocycles. The van der Waals surface area contributed by atoms with Crippen LogP contribution in [-0.2, 0) is 11.3 Å². The number of carbonyl (C=O) groups excluding carboxylic acids is 1. The molecule has 0 bridgehead atoms. The molecule has 1 aliphatic rings. The first-order valence-electron chi connectivity index (χ1n) is 7.57. The Morgan fingerprint density at radius 2 is 2.26 bits per heavy atom. The van der Waals surface area contributed by atoms with Gasteiger partial charge in [-0.3, -0.25) is 10.3 Å². The fraction of sp³-hybridized carbons (Fsp3) is 0.467. The van der Waals surface area contributed by atoms with E-state index in [0.717, 1.165) is 30.0 Å². The summed E-state index contributed by atoms with van der Waals surface area (Å²) in [7, 11) is 0. The molecule has 8 heteroatoms. The van der Waals surface area contributed by atoms with Gasteiger partial charge >= 0.3 is 6.03 Å². The highest BCUT2D eigenvalue weighted by atomic mass is 32.1. The third-order valence-corrected chi connectivity index (χ3v) is 4.35. The number of rotatable bonds is 5. The number of nitrogens with zero attached hydrogens (tertiary/aromatic N) is 4. The molecule has 2 amide bonds. The highest BCUT2D eigenvalue weighted by molar-refractivity contribution is 7.15. The van der Waals surface area contributed by atoms with Gasteiger partial charge in [0.05, 0.1) is 6.10 Å². The number of nitrogens with one attached hydrogen (secondary N) is 1. The fourth-order valence-electron chi connectivity index (χ4n) is 2.48. The van der Waals surface area contributed by atoms with Crippen molar-refractivity contribution in [3.05, 3.63) is 35.1 Å². The van der Waals surface area contributed by atoms with Crippen LogP contribution in [0.5, 0.6) is 0 Å². The predicted molar refractivity (Wildman–Crippen MR) is 87.3 cm³/mol. The number of hydrogen-bond acceptors (Lipinski definition) is 6. The van der Waals surface area contributed by atoms with Crippen LogP contribution in [-0.4, -0.2) is 45.4 Å². The van der Waals surface area contributed by atoms with Crippen molar-refractivity contribution < 1.29 is 9.53 Å². The molecule has 1 unspecified atom stereocenters. The van der Waals surface area contributed by atoms with Crippen LogP contribution in [0.1, 0.15) is 23.4 Å². The number of anilines is 1. The van der Waals surface area contributed by atoms with Crippen molar-refractivity contribution in [1.82, 2.24) is 20.1 Å². The molecule has 3 rings (SSSR count). The van der Waals surface area contributed by atoms with Gasteiger partial charge in [0.15, 0.2) is 0 Å². The van der Waals surface area contributed by atoms with Crippen LogP contribution in [0, 0.1) is 6.92 Å². The molecular formula is C15H19N5O2S. The molecule has 0 spiro atoms. The van der Waals surface area contributed by atoms with Crippen molar-refractivity contribution in [2.75, 3.05) is 18.5 Å². The maximum absolute atomic E-state index is 12.6. The molecule has 0 radical (unpaired) electrons. The summed E-state index contributed by atoms with van der Waals surface area (Å²) in [4.78, 5) is 18.4. The second-order valence-corrected chi connectivity index (χ2v) is 6.61. The Morgan fingerprint density at radius 3 is 2.91 bits per heavy atom. The minimum absolute atomic E-state index is 0.0961. The smallest absolute Gasteiger partial charge is 0.324 e. The Bertz CT molecular complexity index is 642. The van der Waals surface area contributed by atoms with Crippen LogP contribution < -0.4 is 5.32 Å². The molecule has 0 aromatic carbocycles. The zero-order chi connectivity index (χ0) is 16.1. The lowest BCUT2D eigenvalue weighted by Crippen LogP contribution is -2.39. The Balaban J connectivity index is 1.68. The average molecular weight is 333 g/mol. The van der Waals surface area contributed by atoms with Crippen LogP contribution in [0.3, 0.4) is 0 Å². The quantitative estimate of drug-likeness (QED) is 0.909. The van der Waals surface area contributed by atoms with E-state index >= 15 is 0 Å². The lowest BCUT2D eigenvalue weighted by atomic mass is 10.2. The first kappa shape index (κ1) is 15.8. The summed E-state index contributed by atoms with van der Waals surface area (Å²) < 4.78 is 5.67. The monoisotopic (exact) mass is 333 g/mol. The van der Waals surface area contributed by atoms with Crippen LogP contribution in [0.15, 0.2) is 24.5 Å². The van der Waals surface area contributed by atoms with Gasteiger partial charge in [0.25, 0.3) is 0 Å². The lowest BCUT2D eigenvalue weighted by molar-refractivity contribution is 0.0819. The summed E-state index contributed by atoms with van der Waals surface area (Å²) >= 11 is 1.36. The molecule has 0 saturated carbocycles. The second kappa shape index (κ2) is 7.47. The van der Waals surface area contributed by atoms with E-state index in [-0.39, 0.29) is 12.1 Å². The first-order valence-corrected chi connectivity index (χ1v) is 8.39. The van der Waals surface area contributed by atoms with Gasteiger partial charge in [0.2, 0.25) is 5.13 Å². The summed E-state index contributed by atoms with van der Waals surface area (Å²) in [5, 5.41) is 12.0. The summed E-state index contributed by atoms with van der Waals surface area (Å²) in [6, 6.07) is 3.63. The molecule has 1 atom stereocenters. The molecule has 1 fully saturated rings. The Kier molecular flexibility index (Phi) is 5.14. The largest absolute Gasteiger partial charge is 0.376 e. The Labute approximate surface area is 138 Å². The Morgan fingerprint density at radius 1 is 1.43 bits per heavy atom. The van der Waals surface area contributed by atoms with Gasteiger partial charge < -0.3 is 9.64 Å². The molecule has 0 aliphatic carbocycles. The zero-order valence-corrected chi connectivity index (χ0v) is 13.8. The van der Waals surface area contributed by atoms with Crippen molar-refractivity contribution >= 4 is 22.5 Å². The number of hydrogen-bond donors (Lipinski definition) is 1. The number of pyridine rings is 1. The molecule has 23 heavy (non-hydrogen) atoms. The van der Waals surface area contributed by atoms with Crippen molar-refractivity contribution in [2.45, 2.75) is 32.4 Å². The number of aromatic nitrogens is 3. The molecule has 1 N–H and O–H groups in total. The topological polar surface area (TPSA) is 80.2 Å². The van der Waals surface area contributed by atoms with E-state index in [2.05, 4.69) is 20.5 Å². The number of urea groups is 1. The SMILES string of the molecule is Cc1nnc(NC(=O)N(Cc2ccncc2)CC2CCCO2)s1. The minimum Gasteiger partial charge on any atom is -0.376 e. The van der Waals surface area contributed by atoms with E-state index in [9.17, 15) is 4.79 Å². The summed E-state index contributed by atoms with van der Waals surface area (Å²) in [6.07, 6.45) is 5.58. The fourth-order valence-corrected chi connectivity index (χ4v) is 3.06. The van der Waals surface area contributed by atoms with Gasteiger partial charge in [-0.15, -0.1) is 10.2 Å². The van der Waals surface area contributed by atoms with E-state index < -0.39 is 0 Å². The Hall–Kier alpha value is -2.06. The highest BCUT2D eigenvalue weighted by Crippen LogP contribution is 2.18. The van der Waals surface area contributed by atoms with Crippen molar-refractivity contribution in [3.63, 3.8) is 0 Å². The lowest BCUT2D eigenvalue weighted by Gasteiger charge is -2.25. The highest BCUT2D eigenvalue weighted by Gasteiger charge is 2.23. The van der Waals surface area contributed by atoms with Crippen LogP contribution >= 0.6 is 11.3 Å². The van der Waals surface area contributed by atoms with Gasteiger partial charge in [-0.25, -0.2) is 4.79 Å². The van der Waals surface area contributed by atoms with E-state index in [1.54, 1.807) is 17.3 Å². The van der Waals surface area contributed by atoms with Crippen LogP contribution in [0.25, 0.3) is 0 Å². The second-order valence-electron chi connectivity index (χ2n) is 5.43. The van der Waals surface area contributed by atoms with Gasteiger partial charge in [0, 0.05) is 32.1 Å². The third kappa shape index (κ3) is 4.46. The van der Waals surface area contributed by atoms with E-state index in [1.165, 1.54) is 11.3 Å². The average Bonchev–Trinajstić information content (AvgIpc) is 3.19. The zero-order valence-electron chi connectivity index (χ0n) is 12.9. The van der Waals surface area contributed by atoms with E-state index in [4.69, 9.17) is 4.74 Å². The molecule has 1 saturated heterocycles. The van der Waals surface area contributed by atoms with Crippen LogP contribution in [0.4, 0.5) is 9.93 Å². The molecule has 122 valence electrons. The van der Waals surface area contributed by atoms with Crippen LogP contribution in [0.2, 0.25) is 0 Å². The van der Waals surface area contributed by atoms with Crippen molar-refractivity contribution in [3.8, 4) is 0 Å². The standard InChI is InChI=1S/C15H19N5O2S/c1-11-18-19-14(23-11)17-15(21)20(10-13-3-2-8-22-13)9-12-4-6-16-7-5-12/h4-7,13H,2-3,8-10H2,1H3,(H,17,19,21). The number of carbonyl (C=O) groups is 1. The minimum atomic E-state index is -0.187. The van der Waals surface area contributed by atoms with Gasteiger partial charge in [-0.05, 0) is 37.5 Å². The maximum atomic E-state index is 12.6. The summed E-state index contributed by atoms with van der Waals surface area (Å²) in [6.45, 7) is 3.69. The predicted octanol–water partition coefficient (Wildman–Crippen LogP) is 2.45. The van der Waals surface area contributed by atoms with Crippen molar-refractivity contribution in [1.29, 1.82) is 0 Å². The molecule has 7 nitrogen and oxygen atoms in total. The number of aryl methyl sites for hydroxylation is 1. The van der Waals surface area contributed by atoms with Gasteiger partial charge in [-0.2, -0.15) is 0 Å². The number of amides is 2.